The highest BCUT2D eigenvalue weighted by atomic mass is 16.3. The van der Waals surface area contributed by atoms with Crippen LogP contribution in [-0.2, 0) is 9.59 Å². The van der Waals surface area contributed by atoms with Crippen molar-refractivity contribution in [3.8, 4) is 0 Å². The van der Waals surface area contributed by atoms with Crippen molar-refractivity contribution in [1.29, 1.82) is 0 Å². The second-order valence-electron chi connectivity index (χ2n) is 4.38. The normalized spacial score (nSPS) is 24.5. The number of β-amino-alcohol motifs (C(OH)–C–C–N with tert-alkyl or cyclic N) is 1. The summed E-state index contributed by atoms with van der Waals surface area (Å²) in [5.41, 5.74) is 0. The van der Waals surface area contributed by atoms with E-state index in [0.29, 0.717) is 6.54 Å². The highest BCUT2D eigenvalue weighted by Crippen LogP contribution is 2.17. The molecular weight excluding hydrogens is 224 g/mol. The van der Waals surface area contributed by atoms with Gasteiger partial charge in [0, 0.05) is 25.6 Å². The Morgan fingerprint density at radius 2 is 2.12 bits per heavy atom. The topological polar surface area (TPSA) is 89.9 Å². The lowest BCUT2D eigenvalue weighted by Gasteiger charge is -2.36. The van der Waals surface area contributed by atoms with Gasteiger partial charge in [0.25, 0.3) is 0 Å². The highest BCUT2D eigenvalue weighted by Gasteiger charge is 2.27. The Morgan fingerprint density at radius 1 is 1.41 bits per heavy atom. The maximum Gasteiger partial charge on any atom is 0.245 e. The van der Waals surface area contributed by atoms with Gasteiger partial charge in [-0.3, -0.25) is 9.59 Å². The minimum atomic E-state index is -0.562. The fraction of sp³-hybridized carbons (Fsp3) is 0.818. The summed E-state index contributed by atoms with van der Waals surface area (Å²) in [5, 5.41) is 20.4. The first-order chi connectivity index (χ1) is 8.04. The van der Waals surface area contributed by atoms with Crippen LogP contribution in [0.1, 0.15) is 26.2 Å². The molecule has 1 heterocycles. The third-order valence-corrected chi connectivity index (χ3v) is 2.98. The Hall–Kier alpha value is -1.14. The maximum absolute atomic E-state index is 11.8. The summed E-state index contributed by atoms with van der Waals surface area (Å²) < 4.78 is 0. The van der Waals surface area contributed by atoms with E-state index in [4.69, 9.17) is 5.11 Å². The molecule has 1 rings (SSSR count). The largest absolute Gasteiger partial charge is 0.391 e. The SMILES string of the molecule is CC1CCC(O)CN1C(=O)CCNC(=O)CO. The van der Waals surface area contributed by atoms with Crippen molar-refractivity contribution in [3.63, 3.8) is 0 Å². The smallest absolute Gasteiger partial charge is 0.245 e. The molecule has 1 saturated heterocycles. The number of hydrogen-bond acceptors (Lipinski definition) is 4. The van der Waals surface area contributed by atoms with Crippen molar-refractivity contribution in [2.45, 2.75) is 38.3 Å². The molecule has 2 amide bonds. The molecular formula is C11H20N2O4. The molecule has 6 heteroatoms. The summed E-state index contributed by atoms with van der Waals surface area (Å²) in [7, 11) is 0. The lowest BCUT2D eigenvalue weighted by Crippen LogP contribution is -2.48. The second-order valence-corrected chi connectivity index (χ2v) is 4.38. The summed E-state index contributed by atoms with van der Waals surface area (Å²) in [6, 6.07) is 0.138. The molecule has 6 nitrogen and oxygen atoms in total. The molecule has 17 heavy (non-hydrogen) atoms. The van der Waals surface area contributed by atoms with Crippen LogP contribution in [-0.4, -0.2) is 58.8 Å². The number of rotatable bonds is 4. The van der Waals surface area contributed by atoms with Crippen LogP contribution in [0.25, 0.3) is 0 Å². The molecule has 1 aliphatic rings. The zero-order chi connectivity index (χ0) is 12.8. The summed E-state index contributed by atoms with van der Waals surface area (Å²) in [6.07, 6.45) is 1.28. The van der Waals surface area contributed by atoms with Gasteiger partial charge in [-0.15, -0.1) is 0 Å². The predicted molar refractivity (Wildman–Crippen MR) is 61.1 cm³/mol. The third-order valence-electron chi connectivity index (χ3n) is 2.98. The molecule has 0 spiro atoms. The van der Waals surface area contributed by atoms with Crippen molar-refractivity contribution in [2.24, 2.45) is 0 Å². The molecule has 1 fully saturated rings. The minimum Gasteiger partial charge on any atom is -0.391 e. The molecule has 0 saturated carbocycles. The molecule has 2 atom stereocenters. The van der Waals surface area contributed by atoms with Gasteiger partial charge in [-0.2, -0.15) is 0 Å². The average Bonchev–Trinajstić information content (AvgIpc) is 2.31. The van der Waals surface area contributed by atoms with Crippen molar-refractivity contribution in [3.05, 3.63) is 0 Å². The van der Waals surface area contributed by atoms with Gasteiger partial charge < -0.3 is 20.4 Å². The summed E-state index contributed by atoms with van der Waals surface area (Å²) >= 11 is 0. The van der Waals surface area contributed by atoms with E-state index in [1.165, 1.54) is 0 Å². The van der Waals surface area contributed by atoms with E-state index in [-0.39, 0.29) is 24.9 Å². The fourth-order valence-corrected chi connectivity index (χ4v) is 1.94. The number of aliphatic hydroxyl groups is 2. The van der Waals surface area contributed by atoms with Gasteiger partial charge in [0.1, 0.15) is 6.61 Å². The number of nitrogens with one attached hydrogen (secondary N) is 1. The molecule has 0 bridgehead atoms. The van der Waals surface area contributed by atoms with Gasteiger partial charge in [0.2, 0.25) is 11.8 Å². The molecule has 98 valence electrons. The number of aliphatic hydroxyl groups excluding tert-OH is 2. The van der Waals surface area contributed by atoms with E-state index in [0.717, 1.165) is 12.8 Å². The Kier molecular flexibility index (Phi) is 5.37. The van der Waals surface area contributed by atoms with Gasteiger partial charge in [0.05, 0.1) is 6.10 Å². The van der Waals surface area contributed by atoms with Gasteiger partial charge in [-0.25, -0.2) is 0 Å². The van der Waals surface area contributed by atoms with Gasteiger partial charge in [0.15, 0.2) is 0 Å². The Balaban J connectivity index is 2.33. The van der Waals surface area contributed by atoms with E-state index in [1.54, 1.807) is 4.90 Å². The first-order valence-electron chi connectivity index (χ1n) is 5.89. The number of hydrogen-bond donors (Lipinski definition) is 3. The van der Waals surface area contributed by atoms with Gasteiger partial charge in [-0.1, -0.05) is 0 Å². The van der Waals surface area contributed by atoms with Crippen LogP contribution in [0.2, 0.25) is 0 Å². The molecule has 0 aromatic rings. The van der Waals surface area contributed by atoms with Crippen LogP contribution in [0, 0.1) is 0 Å². The molecule has 0 aromatic carbocycles. The summed E-state index contributed by atoms with van der Waals surface area (Å²) in [6.45, 7) is 1.98. The quantitative estimate of drug-likeness (QED) is 0.583. The highest BCUT2D eigenvalue weighted by molar-refractivity contribution is 5.79. The number of amides is 2. The first-order valence-corrected chi connectivity index (χ1v) is 5.89. The molecule has 0 aliphatic carbocycles. The van der Waals surface area contributed by atoms with Crippen molar-refractivity contribution in [2.75, 3.05) is 19.7 Å². The monoisotopic (exact) mass is 244 g/mol. The lowest BCUT2D eigenvalue weighted by atomic mass is 10.0. The van der Waals surface area contributed by atoms with Crippen LogP contribution < -0.4 is 5.32 Å². The molecule has 1 aliphatic heterocycles. The standard InChI is InChI=1S/C11H20N2O4/c1-8-2-3-9(15)6-13(8)11(17)4-5-12-10(16)7-14/h8-9,14-15H,2-7H2,1H3,(H,12,16). The van der Waals surface area contributed by atoms with Gasteiger partial charge >= 0.3 is 0 Å². The number of likely N-dealkylation sites (tertiary alicyclic amines) is 1. The molecule has 3 N–H and O–H groups in total. The van der Waals surface area contributed by atoms with E-state index in [1.807, 2.05) is 6.92 Å². The number of carbonyl (C=O) groups is 2. The van der Waals surface area contributed by atoms with Gasteiger partial charge in [-0.05, 0) is 19.8 Å². The van der Waals surface area contributed by atoms with E-state index < -0.39 is 18.6 Å². The van der Waals surface area contributed by atoms with E-state index in [2.05, 4.69) is 5.32 Å². The average molecular weight is 244 g/mol. The van der Waals surface area contributed by atoms with Crippen LogP contribution >= 0.6 is 0 Å². The van der Waals surface area contributed by atoms with Crippen molar-refractivity contribution in [1.82, 2.24) is 10.2 Å². The zero-order valence-electron chi connectivity index (χ0n) is 10.1. The van der Waals surface area contributed by atoms with Crippen LogP contribution in [0.15, 0.2) is 0 Å². The molecule has 2 unspecified atom stereocenters. The van der Waals surface area contributed by atoms with Crippen LogP contribution in [0.5, 0.6) is 0 Å². The molecule has 0 aromatic heterocycles. The van der Waals surface area contributed by atoms with Crippen molar-refractivity contribution < 1.29 is 19.8 Å². The van der Waals surface area contributed by atoms with E-state index in [9.17, 15) is 14.7 Å². The maximum atomic E-state index is 11.8. The fourth-order valence-electron chi connectivity index (χ4n) is 1.94. The predicted octanol–water partition coefficient (Wildman–Crippen LogP) is -1.14. The Bertz CT molecular complexity index is 283. The lowest BCUT2D eigenvalue weighted by molar-refractivity contribution is -0.137. The van der Waals surface area contributed by atoms with Crippen LogP contribution in [0.4, 0.5) is 0 Å². The summed E-state index contributed by atoms with van der Waals surface area (Å²) in [4.78, 5) is 24.2. The second kappa shape index (κ2) is 6.56. The molecule has 0 radical (unpaired) electrons. The zero-order valence-corrected chi connectivity index (χ0v) is 10.1. The Labute approximate surface area is 101 Å². The number of piperidine rings is 1. The van der Waals surface area contributed by atoms with Crippen LogP contribution in [0.3, 0.4) is 0 Å². The van der Waals surface area contributed by atoms with E-state index >= 15 is 0 Å². The Morgan fingerprint density at radius 3 is 2.76 bits per heavy atom. The minimum absolute atomic E-state index is 0.0745. The van der Waals surface area contributed by atoms with Crippen molar-refractivity contribution >= 4 is 11.8 Å². The summed E-state index contributed by atoms with van der Waals surface area (Å²) in [5.74, 6) is -0.556. The first kappa shape index (κ1) is 13.9. The third kappa shape index (κ3) is 4.32. The number of nitrogens with zero attached hydrogens (tertiary/aromatic N) is 1. The number of carbonyl (C=O) groups excluding carboxylic acids is 2.